The van der Waals surface area contributed by atoms with E-state index < -0.39 is 0 Å². The van der Waals surface area contributed by atoms with Gasteiger partial charge in [0, 0.05) is 20.0 Å². The van der Waals surface area contributed by atoms with Gasteiger partial charge in [-0.1, -0.05) is 26.7 Å². The molecule has 1 amide bonds. The first-order chi connectivity index (χ1) is 5.63. The van der Waals surface area contributed by atoms with Crippen molar-refractivity contribution in [2.24, 2.45) is 5.92 Å². The number of carbonyl (C=O) groups is 1. The van der Waals surface area contributed by atoms with Crippen molar-refractivity contribution in [2.75, 3.05) is 14.1 Å². The fourth-order valence-electron chi connectivity index (χ4n) is 1.45. The molecule has 2 nitrogen and oxygen atoms in total. The topological polar surface area (TPSA) is 20.3 Å². The molecule has 0 aromatic rings. The molecule has 0 aromatic heterocycles. The van der Waals surface area contributed by atoms with Crippen LogP contribution in [0.2, 0.25) is 0 Å². The van der Waals surface area contributed by atoms with Gasteiger partial charge in [-0.3, -0.25) is 4.79 Å². The van der Waals surface area contributed by atoms with Crippen LogP contribution in [-0.4, -0.2) is 24.9 Å². The first-order valence-corrected chi connectivity index (χ1v) is 4.84. The molecule has 0 aliphatic rings. The molecule has 0 saturated carbocycles. The first-order valence-electron chi connectivity index (χ1n) is 4.84. The minimum atomic E-state index is 0.259. The second-order valence-electron chi connectivity index (χ2n) is 3.51. The van der Waals surface area contributed by atoms with Crippen molar-refractivity contribution in [1.29, 1.82) is 0 Å². The van der Waals surface area contributed by atoms with Crippen molar-refractivity contribution in [3.63, 3.8) is 0 Å². The van der Waals surface area contributed by atoms with Gasteiger partial charge < -0.3 is 4.90 Å². The maximum atomic E-state index is 11.5. The van der Waals surface area contributed by atoms with Crippen LogP contribution < -0.4 is 0 Å². The third-order valence-electron chi connectivity index (χ3n) is 2.06. The van der Waals surface area contributed by atoms with Crippen molar-refractivity contribution in [3.8, 4) is 0 Å². The second-order valence-corrected chi connectivity index (χ2v) is 3.51. The molecule has 0 radical (unpaired) electrons. The molecule has 0 aliphatic heterocycles. The van der Waals surface area contributed by atoms with Crippen LogP contribution in [0.25, 0.3) is 0 Å². The Kier molecular flexibility index (Phi) is 5.77. The third-order valence-corrected chi connectivity index (χ3v) is 2.06. The number of amides is 1. The Morgan fingerprint density at radius 1 is 1.17 bits per heavy atom. The van der Waals surface area contributed by atoms with Gasteiger partial charge in [-0.15, -0.1) is 0 Å². The molecule has 0 aromatic carbocycles. The van der Waals surface area contributed by atoms with Gasteiger partial charge in [0.15, 0.2) is 0 Å². The van der Waals surface area contributed by atoms with Gasteiger partial charge >= 0.3 is 0 Å². The van der Waals surface area contributed by atoms with Crippen molar-refractivity contribution in [1.82, 2.24) is 4.90 Å². The lowest BCUT2D eigenvalue weighted by molar-refractivity contribution is -0.133. The molecular formula is C10H21NO. The summed E-state index contributed by atoms with van der Waals surface area (Å²) in [5, 5.41) is 0. The minimum absolute atomic E-state index is 0.259. The third kappa shape index (κ3) is 3.74. The molecule has 12 heavy (non-hydrogen) atoms. The smallest absolute Gasteiger partial charge is 0.225 e. The number of hydrogen-bond acceptors (Lipinski definition) is 1. The van der Waals surface area contributed by atoms with Gasteiger partial charge in [0.25, 0.3) is 0 Å². The molecule has 0 saturated heterocycles. The van der Waals surface area contributed by atoms with Crippen molar-refractivity contribution in [2.45, 2.75) is 39.5 Å². The van der Waals surface area contributed by atoms with E-state index in [0.29, 0.717) is 5.91 Å². The minimum Gasteiger partial charge on any atom is -0.349 e. The highest BCUT2D eigenvalue weighted by Crippen LogP contribution is 2.15. The van der Waals surface area contributed by atoms with Crippen LogP contribution in [0, 0.1) is 5.92 Å². The van der Waals surface area contributed by atoms with E-state index in [0.717, 1.165) is 25.7 Å². The van der Waals surface area contributed by atoms with Gasteiger partial charge in [0.1, 0.15) is 0 Å². The zero-order chi connectivity index (χ0) is 9.56. The Morgan fingerprint density at radius 2 is 1.58 bits per heavy atom. The molecule has 0 rings (SSSR count). The van der Waals surface area contributed by atoms with E-state index in [4.69, 9.17) is 0 Å². The largest absolute Gasteiger partial charge is 0.349 e. The lowest BCUT2D eigenvalue weighted by atomic mass is 9.97. The second kappa shape index (κ2) is 6.04. The summed E-state index contributed by atoms with van der Waals surface area (Å²) in [7, 11) is 3.67. The highest BCUT2D eigenvalue weighted by Gasteiger charge is 2.17. The van der Waals surface area contributed by atoms with Crippen LogP contribution in [0.3, 0.4) is 0 Å². The Morgan fingerprint density at radius 3 is 1.83 bits per heavy atom. The highest BCUT2D eigenvalue weighted by atomic mass is 16.2. The molecular weight excluding hydrogens is 150 g/mol. The number of carbonyl (C=O) groups excluding carboxylic acids is 1. The van der Waals surface area contributed by atoms with E-state index in [2.05, 4.69) is 13.8 Å². The fourth-order valence-corrected chi connectivity index (χ4v) is 1.45. The fraction of sp³-hybridized carbons (Fsp3) is 0.900. The standard InChI is InChI=1S/C10H21NO/c1-5-7-9(8-6-2)10(12)11(3)4/h9H,5-8H2,1-4H3. The maximum Gasteiger partial charge on any atom is 0.225 e. The lowest BCUT2D eigenvalue weighted by Crippen LogP contribution is -2.29. The monoisotopic (exact) mass is 171 g/mol. The van der Waals surface area contributed by atoms with Crippen LogP contribution >= 0.6 is 0 Å². The van der Waals surface area contributed by atoms with Gasteiger partial charge in [-0.2, -0.15) is 0 Å². The summed E-state index contributed by atoms with van der Waals surface area (Å²) in [5.74, 6) is 0.550. The lowest BCUT2D eigenvalue weighted by Gasteiger charge is -2.19. The quantitative estimate of drug-likeness (QED) is 0.621. The molecule has 0 heterocycles. The SMILES string of the molecule is CCCC(CCC)C(=O)N(C)C. The summed E-state index contributed by atoms with van der Waals surface area (Å²) in [6.45, 7) is 4.26. The van der Waals surface area contributed by atoms with E-state index in [9.17, 15) is 4.79 Å². The van der Waals surface area contributed by atoms with Crippen molar-refractivity contribution in [3.05, 3.63) is 0 Å². The molecule has 0 spiro atoms. The van der Waals surface area contributed by atoms with Crippen molar-refractivity contribution < 1.29 is 4.79 Å². The zero-order valence-corrected chi connectivity index (χ0v) is 8.76. The maximum absolute atomic E-state index is 11.5. The Balaban J connectivity index is 3.99. The van der Waals surface area contributed by atoms with Gasteiger partial charge in [-0.05, 0) is 12.8 Å². The van der Waals surface area contributed by atoms with E-state index in [1.54, 1.807) is 4.90 Å². The molecule has 0 fully saturated rings. The molecule has 0 aliphatic carbocycles. The Bertz CT molecular complexity index is 126. The molecule has 72 valence electrons. The van der Waals surface area contributed by atoms with Gasteiger partial charge in [-0.25, -0.2) is 0 Å². The normalized spacial score (nSPS) is 10.4. The molecule has 0 atom stereocenters. The average Bonchev–Trinajstić information content (AvgIpc) is 2.03. The molecule has 2 heteroatoms. The number of rotatable bonds is 5. The predicted octanol–water partition coefficient (Wildman–Crippen LogP) is 2.29. The first kappa shape index (κ1) is 11.5. The summed E-state index contributed by atoms with van der Waals surface area (Å²) in [6, 6.07) is 0. The van der Waals surface area contributed by atoms with Crippen LogP contribution in [0.1, 0.15) is 39.5 Å². The average molecular weight is 171 g/mol. The van der Waals surface area contributed by atoms with Crippen LogP contribution in [0.4, 0.5) is 0 Å². The van der Waals surface area contributed by atoms with E-state index >= 15 is 0 Å². The Labute approximate surface area is 75.9 Å². The number of nitrogens with zero attached hydrogens (tertiary/aromatic N) is 1. The van der Waals surface area contributed by atoms with Gasteiger partial charge in [0.2, 0.25) is 5.91 Å². The number of hydrogen-bond donors (Lipinski definition) is 0. The summed E-state index contributed by atoms with van der Waals surface area (Å²) < 4.78 is 0. The van der Waals surface area contributed by atoms with Crippen molar-refractivity contribution >= 4 is 5.91 Å². The summed E-state index contributed by atoms with van der Waals surface area (Å²) >= 11 is 0. The summed E-state index contributed by atoms with van der Waals surface area (Å²) in [4.78, 5) is 13.3. The van der Waals surface area contributed by atoms with Crippen LogP contribution in [-0.2, 0) is 4.79 Å². The van der Waals surface area contributed by atoms with E-state index in [1.807, 2.05) is 14.1 Å². The van der Waals surface area contributed by atoms with E-state index in [-0.39, 0.29) is 5.92 Å². The highest BCUT2D eigenvalue weighted by molar-refractivity contribution is 5.78. The zero-order valence-electron chi connectivity index (χ0n) is 8.76. The van der Waals surface area contributed by atoms with Gasteiger partial charge in [0.05, 0.1) is 0 Å². The molecule has 0 bridgehead atoms. The van der Waals surface area contributed by atoms with E-state index in [1.165, 1.54) is 0 Å². The molecule has 0 N–H and O–H groups in total. The summed E-state index contributed by atoms with van der Waals surface area (Å²) in [5.41, 5.74) is 0. The Hall–Kier alpha value is -0.530. The van der Waals surface area contributed by atoms with Crippen LogP contribution in [0.5, 0.6) is 0 Å². The summed E-state index contributed by atoms with van der Waals surface area (Å²) in [6.07, 6.45) is 4.27. The predicted molar refractivity (Wildman–Crippen MR) is 52.0 cm³/mol. The van der Waals surface area contributed by atoms with Crippen LogP contribution in [0.15, 0.2) is 0 Å². The molecule has 0 unspecified atom stereocenters.